The molecule has 0 bridgehead atoms. The first-order valence-electron chi connectivity index (χ1n) is 14.2. The molecule has 0 fully saturated rings. The Morgan fingerprint density at radius 2 is 1.63 bits per heavy atom. The third-order valence-corrected chi connectivity index (χ3v) is 7.17. The number of hydrogen-bond acceptors (Lipinski definition) is 5. The highest BCUT2D eigenvalue weighted by Crippen LogP contribution is 2.27. The maximum Gasteiger partial charge on any atom is 0.251 e. The number of hydrogen-bond donors (Lipinski definition) is 1. The number of aryl methyl sites for hydroxylation is 1. The Bertz CT molecular complexity index is 1450. The molecule has 216 valence electrons. The third kappa shape index (κ3) is 7.66. The van der Waals surface area contributed by atoms with Crippen molar-refractivity contribution in [1.29, 1.82) is 0 Å². The van der Waals surface area contributed by atoms with Crippen LogP contribution in [-0.4, -0.2) is 53.1 Å². The Balaban J connectivity index is 1.34. The molecule has 0 aliphatic rings. The van der Waals surface area contributed by atoms with Gasteiger partial charge in [-0.15, -0.1) is 0 Å². The molecule has 1 heterocycles. The number of aromatic nitrogens is 2. The number of carbonyl (C=O) groups excluding carboxylic acids is 2. The van der Waals surface area contributed by atoms with Crippen molar-refractivity contribution in [3.05, 3.63) is 89.7 Å². The number of unbranched alkanes of at least 4 members (excludes halogenated alkanes) is 2. The molecular formula is C33H40N4O4. The largest absolute Gasteiger partial charge is 0.493 e. The molecule has 2 amide bonds. The minimum atomic E-state index is -0.142. The van der Waals surface area contributed by atoms with Gasteiger partial charge in [-0.05, 0) is 62.6 Å². The zero-order valence-corrected chi connectivity index (χ0v) is 24.4. The zero-order chi connectivity index (χ0) is 29.2. The SMILES string of the molecule is COc1ccc(C(=O)NCCCCCc2nc3ccccc3n2CC(=O)N(Cc2ccccc2)C(C)C)cc1OC. The van der Waals surface area contributed by atoms with Crippen LogP contribution in [0.4, 0.5) is 0 Å². The fourth-order valence-corrected chi connectivity index (χ4v) is 4.92. The van der Waals surface area contributed by atoms with Crippen molar-refractivity contribution in [2.75, 3.05) is 20.8 Å². The van der Waals surface area contributed by atoms with Crippen molar-refractivity contribution >= 4 is 22.8 Å². The predicted octanol–water partition coefficient (Wildman–Crippen LogP) is 5.63. The van der Waals surface area contributed by atoms with Crippen LogP contribution in [0.25, 0.3) is 11.0 Å². The van der Waals surface area contributed by atoms with E-state index in [2.05, 4.69) is 35.9 Å². The molecule has 3 aromatic carbocycles. The van der Waals surface area contributed by atoms with E-state index in [1.807, 2.05) is 47.4 Å². The lowest BCUT2D eigenvalue weighted by Crippen LogP contribution is -2.38. The van der Waals surface area contributed by atoms with E-state index < -0.39 is 0 Å². The summed E-state index contributed by atoms with van der Waals surface area (Å²) in [6.07, 6.45) is 3.43. The molecule has 0 saturated heterocycles. The van der Waals surface area contributed by atoms with Crippen molar-refractivity contribution < 1.29 is 19.1 Å². The van der Waals surface area contributed by atoms with E-state index in [0.717, 1.165) is 48.1 Å². The van der Waals surface area contributed by atoms with Crippen LogP contribution >= 0.6 is 0 Å². The first-order valence-corrected chi connectivity index (χ1v) is 14.2. The number of rotatable bonds is 14. The van der Waals surface area contributed by atoms with Gasteiger partial charge in [-0.3, -0.25) is 9.59 Å². The molecule has 4 aromatic rings. The molecule has 0 radical (unpaired) electrons. The number of benzene rings is 3. The monoisotopic (exact) mass is 556 g/mol. The predicted molar refractivity (Wildman–Crippen MR) is 161 cm³/mol. The molecule has 0 aliphatic heterocycles. The van der Waals surface area contributed by atoms with E-state index in [9.17, 15) is 9.59 Å². The number of fused-ring (bicyclic) bond motifs is 1. The molecule has 0 saturated carbocycles. The van der Waals surface area contributed by atoms with E-state index >= 15 is 0 Å². The molecule has 41 heavy (non-hydrogen) atoms. The van der Waals surface area contributed by atoms with Gasteiger partial charge in [0.2, 0.25) is 5.91 Å². The number of nitrogens with one attached hydrogen (secondary N) is 1. The molecule has 0 unspecified atom stereocenters. The number of imidazole rings is 1. The van der Waals surface area contributed by atoms with Crippen LogP contribution < -0.4 is 14.8 Å². The van der Waals surface area contributed by atoms with Gasteiger partial charge in [-0.1, -0.05) is 48.9 Å². The van der Waals surface area contributed by atoms with E-state index in [0.29, 0.717) is 30.2 Å². The van der Waals surface area contributed by atoms with Gasteiger partial charge >= 0.3 is 0 Å². The standard InChI is InChI=1S/C33H40N4O4/c1-24(2)36(22-25-13-7-5-8-14-25)32(38)23-37-28-16-11-10-15-27(28)35-31(37)17-9-6-12-20-34-33(39)26-18-19-29(40-3)30(21-26)41-4/h5,7-8,10-11,13-16,18-19,21,24H,6,9,12,17,20,22-23H2,1-4H3,(H,34,39). The Morgan fingerprint density at radius 1 is 0.902 bits per heavy atom. The number of amides is 2. The lowest BCUT2D eigenvalue weighted by Gasteiger charge is -2.27. The van der Waals surface area contributed by atoms with Crippen molar-refractivity contribution in [3.8, 4) is 11.5 Å². The quantitative estimate of drug-likeness (QED) is 0.203. The van der Waals surface area contributed by atoms with Crippen LogP contribution in [0.3, 0.4) is 0 Å². The topological polar surface area (TPSA) is 85.7 Å². The summed E-state index contributed by atoms with van der Waals surface area (Å²) in [5.74, 6) is 1.96. The van der Waals surface area contributed by atoms with Gasteiger partial charge in [0, 0.05) is 31.1 Å². The average Bonchev–Trinajstić information content (AvgIpc) is 3.34. The average molecular weight is 557 g/mol. The van der Waals surface area contributed by atoms with Gasteiger partial charge in [0.1, 0.15) is 12.4 Å². The second kappa shape index (κ2) is 14.3. The molecule has 0 aliphatic carbocycles. The molecule has 1 N–H and O–H groups in total. The van der Waals surface area contributed by atoms with Gasteiger partial charge in [0.25, 0.3) is 5.91 Å². The first kappa shape index (κ1) is 29.6. The van der Waals surface area contributed by atoms with Crippen molar-refractivity contribution in [2.45, 2.75) is 58.7 Å². The summed E-state index contributed by atoms with van der Waals surface area (Å²) >= 11 is 0. The van der Waals surface area contributed by atoms with Crippen LogP contribution in [0.5, 0.6) is 11.5 Å². The van der Waals surface area contributed by atoms with E-state index in [1.54, 1.807) is 32.4 Å². The number of carbonyl (C=O) groups is 2. The Hall–Kier alpha value is -4.33. The number of nitrogens with zero attached hydrogens (tertiary/aromatic N) is 3. The first-order chi connectivity index (χ1) is 19.9. The number of ether oxygens (including phenoxy) is 2. The van der Waals surface area contributed by atoms with E-state index in [4.69, 9.17) is 14.5 Å². The van der Waals surface area contributed by atoms with Gasteiger partial charge in [0.15, 0.2) is 11.5 Å². The lowest BCUT2D eigenvalue weighted by molar-refractivity contribution is -0.134. The highest BCUT2D eigenvalue weighted by Gasteiger charge is 2.21. The fourth-order valence-electron chi connectivity index (χ4n) is 4.92. The summed E-state index contributed by atoms with van der Waals surface area (Å²) in [6.45, 7) is 5.51. The van der Waals surface area contributed by atoms with Crippen LogP contribution in [0, 0.1) is 0 Å². The maximum atomic E-state index is 13.5. The summed E-state index contributed by atoms with van der Waals surface area (Å²) in [4.78, 5) is 32.9. The molecule has 8 heteroatoms. The minimum absolute atomic E-state index is 0.0751. The van der Waals surface area contributed by atoms with Gasteiger partial charge in [-0.25, -0.2) is 4.98 Å². The molecule has 8 nitrogen and oxygen atoms in total. The third-order valence-electron chi connectivity index (χ3n) is 7.17. The van der Waals surface area contributed by atoms with E-state index in [1.165, 1.54) is 0 Å². The minimum Gasteiger partial charge on any atom is -0.493 e. The maximum absolute atomic E-state index is 13.5. The summed E-state index contributed by atoms with van der Waals surface area (Å²) in [6, 6.07) is 23.3. The Morgan fingerprint density at radius 3 is 2.37 bits per heavy atom. The normalized spacial score (nSPS) is 11.0. The summed E-state index contributed by atoms with van der Waals surface area (Å²) in [5, 5.41) is 2.98. The lowest BCUT2D eigenvalue weighted by atomic mass is 10.1. The molecule has 1 aromatic heterocycles. The smallest absolute Gasteiger partial charge is 0.251 e. The number of para-hydroxylation sites is 2. The van der Waals surface area contributed by atoms with Crippen molar-refractivity contribution in [1.82, 2.24) is 19.8 Å². The molecule has 0 atom stereocenters. The molecular weight excluding hydrogens is 516 g/mol. The highest BCUT2D eigenvalue weighted by atomic mass is 16.5. The van der Waals surface area contributed by atoms with Crippen LogP contribution in [0.15, 0.2) is 72.8 Å². The highest BCUT2D eigenvalue weighted by molar-refractivity contribution is 5.94. The number of methoxy groups -OCH3 is 2. The Labute approximate surface area is 242 Å². The van der Waals surface area contributed by atoms with Crippen molar-refractivity contribution in [2.24, 2.45) is 0 Å². The second-order valence-corrected chi connectivity index (χ2v) is 10.3. The van der Waals surface area contributed by atoms with Crippen LogP contribution in [-0.2, 0) is 24.3 Å². The van der Waals surface area contributed by atoms with Crippen LogP contribution in [0.2, 0.25) is 0 Å². The summed E-state index contributed by atoms with van der Waals surface area (Å²) < 4.78 is 12.6. The summed E-state index contributed by atoms with van der Waals surface area (Å²) in [5.41, 5.74) is 3.52. The Kier molecular flexibility index (Phi) is 10.4. The second-order valence-electron chi connectivity index (χ2n) is 10.3. The van der Waals surface area contributed by atoms with Gasteiger partial charge < -0.3 is 24.3 Å². The van der Waals surface area contributed by atoms with Gasteiger partial charge in [0.05, 0.1) is 25.3 Å². The summed E-state index contributed by atoms with van der Waals surface area (Å²) in [7, 11) is 3.12. The zero-order valence-electron chi connectivity index (χ0n) is 24.4. The molecule has 4 rings (SSSR count). The van der Waals surface area contributed by atoms with E-state index in [-0.39, 0.29) is 24.4 Å². The van der Waals surface area contributed by atoms with Gasteiger partial charge in [-0.2, -0.15) is 0 Å². The fraction of sp³-hybridized carbons (Fsp3) is 0.364. The van der Waals surface area contributed by atoms with Crippen molar-refractivity contribution in [3.63, 3.8) is 0 Å². The van der Waals surface area contributed by atoms with Crippen LogP contribution in [0.1, 0.15) is 54.9 Å². The molecule has 0 spiro atoms.